The smallest absolute Gasteiger partial charge is 0.316 e. The summed E-state index contributed by atoms with van der Waals surface area (Å²) in [4.78, 5) is 26.5. The van der Waals surface area contributed by atoms with Crippen LogP contribution in [0.25, 0.3) is 0 Å². The van der Waals surface area contributed by atoms with E-state index in [9.17, 15) is 9.59 Å². The lowest BCUT2D eigenvalue weighted by molar-refractivity contribution is -0.145. The molecular weight excluding hydrogens is 284 g/mol. The van der Waals surface area contributed by atoms with E-state index in [0.717, 1.165) is 15.7 Å². The third-order valence-electron chi connectivity index (χ3n) is 2.83. The summed E-state index contributed by atoms with van der Waals surface area (Å²) in [6.07, 6.45) is 0. The molecule has 5 heteroatoms. The zero-order valence-electron chi connectivity index (χ0n) is 9.74. The molecule has 1 aromatic carbocycles. The van der Waals surface area contributed by atoms with E-state index in [1.807, 2.05) is 25.1 Å². The normalized spacial score (nSPS) is 16.6. The monoisotopic (exact) mass is 296 g/mol. The molecule has 1 aliphatic rings. The molecule has 0 N–H and O–H groups in total. The fraction of sp³-hybridized carbons (Fsp3) is 0.333. The summed E-state index contributed by atoms with van der Waals surface area (Å²) in [7, 11) is 1.64. The Kier molecular flexibility index (Phi) is 3.19. The van der Waals surface area contributed by atoms with Crippen molar-refractivity contribution in [2.45, 2.75) is 6.92 Å². The summed E-state index contributed by atoms with van der Waals surface area (Å²) >= 11 is 3.43. The van der Waals surface area contributed by atoms with Gasteiger partial charge in [0, 0.05) is 24.6 Å². The third kappa shape index (κ3) is 2.20. The maximum atomic E-state index is 11.9. The Morgan fingerprint density at radius 1 is 1.18 bits per heavy atom. The highest BCUT2D eigenvalue weighted by atomic mass is 79.9. The Hall–Kier alpha value is -1.36. The highest BCUT2D eigenvalue weighted by molar-refractivity contribution is 9.10. The summed E-state index contributed by atoms with van der Waals surface area (Å²) in [6, 6.07) is 5.72. The van der Waals surface area contributed by atoms with Crippen LogP contribution in [0.4, 0.5) is 5.69 Å². The molecule has 17 heavy (non-hydrogen) atoms. The zero-order valence-corrected chi connectivity index (χ0v) is 11.3. The zero-order chi connectivity index (χ0) is 12.6. The Morgan fingerprint density at radius 2 is 1.88 bits per heavy atom. The molecule has 0 spiro atoms. The Labute approximate surface area is 108 Å². The number of benzene rings is 1. The Bertz CT molecular complexity index is 487. The molecule has 2 rings (SSSR count). The molecule has 1 fully saturated rings. The van der Waals surface area contributed by atoms with Crippen molar-refractivity contribution in [1.82, 2.24) is 4.90 Å². The number of anilines is 1. The van der Waals surface area contributed by atoms with Crippen LogP contribution >= 0.6 is 15.9 Å². The van der Waals surface area contributed by atoms with Gasteiger partial charge in [0.05, 0.1) is 5.69 Å². The standard InChI is InChI=1S/C12H13BrN2O2/c1-8-3-4-10(9(13)7-8)15-6-5-14(2)11(16)12(15)17/h3-4,7H,5-6H2,1-2H3. The molecule has 0 aromatic heterocycles. The lowest BCUT2D eigenvalue weighted by Gasteiger charge is -2.32. The lowest BCUT2D eigenvalue weighted by atomic mass is 10.2. The van der Waals surface area contributed by atoms with Crippen LogP contribution in [0.3, 0.4) is 0 Å². The first-order chi connectivity index (χ1) is 8.00. The van der Waals surface area contributed by atoms with Gasteiger partial charge in [-0.2, -0.15) is 0 Å². The number of carbonyl (C=O) groups excluding carboxylic acids is 2. The van der Waals surface area contributed by atoms with Gasteiger partial charge in [0.1, 0.15) is 0 Å². The average Bonchev–Trinajstić information content (AvgIpc) is 2.28. The van der Waals surface area contributed by atoms with Crippen LogP contribution in [0.1, 0.15) is 5.56 Å². The van der Waals surface area contributed by atoms with Gasteiger partial charge >= 0.3 is 11.8 Å². The molecule has 0 atom stereocenters. The molecule has 0 radical (unpaired) electrons. The minimum absolute atomic E-state index is 0.455. The first kappa shape index (κ1) is 12.1. The van der Waals surface area contributed by atoms with Crippen molar-refractivity contribution >= 4 is 33.4 Å². The largest absolute Gasteiger partial charge is 0.336 e. The molecule has 1 heterocycles. The quantitative estimate of drug-likeness (QED) is 0.738. The van der Waals surface area contributed by atoms with Crippen molar-refractivity contribution in [1.29, 1.82) is 0 Å². The second-order valence-corrected chi connectivity index (χ2v) is 4.99. The van der Waals surface area contributed by atoms with Crippen molar-refractivity contribution in [3.05, 3.63) is 28.2 Å². The van der Waals surface area contributed by atoms with Crippen LogP contribution in [-0.4, -0.2) is 36.9 Å². The summed E-state index contributed by atoms with van der Waals surface area (Å²) in [5.74, 6) is -0.924. The number of hydrogen-bond donors (Lipinski definition) is 0. The van der Waals surface area contributed by atoms with Gasteiger partial charge in [-0.05, 0) is 40.5 Å². The summed E-state index contributed by atoms with van der Waals surface area (Å²) in [6.45, 7) is 3.07. The highest BCUT2D eigenvalue weighted by Crippen LogP contribution is 2.28. The number of hydrogen-bond acceptors (Lipinski definition) is 2. The van der Waals surface area contributed by atoms with E-state index in [4.69, 9.17) is 0 Å². The topological polar surface area (TPSA) is 40.6 Å². The fourth-order valence-electron chi connectivity index (χ4n) is 1.79. The van der Waals surface area contributed by atoms with Gasteiger partial charge in [-0.1, -0.05) is 6.07 Å². The Balaban J connectivity index is 2.34. The van der Waals surface area contributed by atoms with E-state index in [1.54, 1.807) is 7.05 Å². The van der Waals surface area contributed by atoms with Gasteiger partial charge in [-0.3, -0.25) is 9.59 Å². The highest BCUT2D eigenvalue weighted by Gasteiger charge is 2.31. The SMILES string of the molecule is Cc1ccc(N2CCN(C)C(=O)C2=O)c(Br)c1. The van der Waals surface area contributed by atoms with Gasteiger partial charge in [0.2, 0.25) is 0 Å². The summed E-state index contributed by atoms with van der Waals surface area (Å²) in [5, 5.41) is 0. The number of carbonyl (C=O) groups is 2. The van der Waals surface area contributed by atoms with Crippen LogP contribution in [-0.2, 0) is 9.59 Å². The molecule has 1 aromatic rings. The van der Waals surface area contributed by atoms with Crippen LogP contribution < -0.4 is 4.90 Å². The molecule has 1 saturated heterocycles. The first-order valence-corrected chi connectivity index (χ1v) is 6.13. The lowest BCUT2D eigenvalue weighted by Crippen LogP contribution is -2.53. The minimum atomic E-state index is -0.469. The fourth-order valence-corrected chi connectivity index (χ4v) is 2.50. The number of amides is 2. The van der Waals surface area contributed by atoms with Gasteiger partial charge < -0.3 is 9.80 Å². The first-order valence-electron chi connectivity index (χ1n) is 5.34. The van der Waals surface area contributed by atoms with Crippen molar-refractivity contribution in [2.24, 2.45) is 0 Å². The number of piperazine rings is 1. The van der Waals surface area contributed by atoms with Crippen LogP contribution in [0.5, 0.6) is 0 Å². The van der Waals surface area contributed by atoms with E-state index in [-0.39, 0.29) is 0 Å². The third-order valence-corrected chi connectivity index (χ3v) is 3.46. The molecule has 2 amide bonds. The predicted molar refractivity (Wildman–Crippen MR) is 68.9 cm³/mol. The number of nitrogens with zero attached hydrogens (tertiary/aromatic N) is 2. The maximum absolute atomic E-state index is 11.9. The molecule has 90 valence electrons. The van der Waals surface area contributed by atoms with Gasteiger partial charge in [0.25, 0.3) is 0 Å². The number of aryl methyl sites for hydroxylation is 1. The van der Waals surface area contributed by atoms with E-state index in [0.29, 0.717) is 13.1 Å². The van der Waals surface area contributed by atoms with Crippen molar-refractivity contribution in [3.8, 4) is 0 Å². The maximum Gasteiger partial charge on any atom is 0.316 e. The Morgan fingerprint density at radius 3 is 2.53 bits per heavy atom. The van der Waals surface area contributed by atoms with Gasteiger partial charge in [-0.15, -0.1) is 0 Å². The van der Waals surface area contributed by atoms with Crippen LogP contribution in [0.15, 0.2) is 22.7 Å². The summed E-state index contributed by atoms with van der Waals surface area (Å²) in [5.41, 5.74) is 1.86. The second-order valence-electron chi connectivity index (χ2n) is 4.14. The average molecular weight is 297 g/mol. The van der Waals surface area contributed by atoms with Gasteiger partial charge in [-0.25, -0.2) is 0 Å². The molecule has 0 bridgehead atoms. The van der Waals surface area contributed by atoms with Crippen molar-refractivity contribution in [2.75, 3.05) is 25.0 Å². The van der Waals surface area contributed by atoms with E-state index in [2.05, 4.69) is 15.9 Å². The minimum Gasteiger partial charge on any atom is -0.336 e. The van der Waals surface area contributed by atoms with Crippen molar-refractivity contribution in [3.63, 3.8) is 0 Å². The predicted octanol–water partition coefficient (Wildman–Crippen LogP) is 1.56. The van der Waals surface area contributed by atoms with Crippen LogP contribution in [0, 0.1) is 6.92 Å². The molecule has 0 unspecified atom stereocenters. The number of rotatable bonds is 1. The molecule has 1 aliphatic heterocycles. The van der Waals surface area contributed by atoms with Crippen molar-refractivity contribution < 1.29 is 9.59 Å². The van der Waals surface area contributed by atoms with Crippen LogP contribution in [0.2, 0.25) is 0 Å². The molecule has 0 aliphatic carbocycles. The van der Waals surface area contributed by atoms with E-state index < -0.39 is 11.8 Å². The summed E-state index contributed by atoms with van der Waals surface area (Å²) < 4.78 is 0.836. The number of halogens is 1. The molecule has 4 nitrogen and oxygen atoms in total. The second kappa shape index (κ2) is 4.49. The molecular formula is C12H13BrN2O2. The van der Waals surface area contributed by atoms with Gasteiger partial charge in [0.15, 0.2) is 0 Å². The molecule has 0 saturated carbocycles. The van der Waals surface area contributed by atoms with E-state index >= 15 is 0 Å². The number of likely N-dealkylation sites (N-methyl/N-ethyl adjacent to an activating group) is 1. The van der Waals surface area contributed by atoms with E-state index in [1.165, 1.54) is 9.80 Å².